The molecule has 0 radical (unpaired) electrons. The normalized spacial score (nSPS) is 18.3. The van der Waals surface area contributed by atoms with Crippen LogP contribution in [0.3, 0.4) is 0 Å². The Hall–Kier alpha value is -2.73. The van der Waals surface area contributed by atoms with E-state index >= 15 is 0 Å². The maximum atomic E-state index is 12.8. The number of aromatic nitrogens is 3. The average Bonchev–Trinajstić information content (AvgIpc) is 3.06. The van der Waals surface area contributed by atoms with E-state index in [1.54, 1.807) is 24.5 Å². The number of para-hydroxylation sites is 2. The summed E-state index contributed by atoms with van der Waals surface area (Å²) < 4.78 is 0. The zero-order valence-corrected chi connectivity index (χ0v) is 12.6. The first-order valence-electron chi connectivity index (χ1n) is 7.69. The van der Waals surface area contributed by atoms with E-state index in [-0.39, 0.29) is 11.9 Å². The van der Waals surface area contributed by atoms with Gasteiger partial charge in [0.05, 0.1) is 16.6 Å². The zero-order valence-electron chi connectivity index (χ0n) is 12.6. The molecule has 1 aliphatic rings. The Morgan fingerprint density at radius 3 is 2.96 bits per heavy atom. The number of rotatable bonds is 2. The number of fused-ring (bicyclic) bond motifs is 1. The van der Waals surface area contributed by atoms with Gasteiger partial charge in [-0.15, -0.1) is 0 Å². The van der Waals surface area contributed by atoms with Gasteiger partial charge in [0.2, 0.25) is 0 Å². The van der Waals surface area contributed by atoms with Gasteiger partial charge in [-0.05, 0) is 24.3 Å². The van der Waals surface area contributed by atoms with Crippen molar-refractivity contribution in [3.05, 3.63) is 60.2 Å². The maximum Gasteiger partial charge on any atom is 0.256 e. The summed E-state index contributed by atoms with van der Waals surface area (Å²) in [5.41, 5.74) is 2.51. The van der Waals surface area contributed by atoms with E-state index in [2.05, 4.69) is 20.3 Å². The van der Waals surface area contributed by atoms with Gasteiger partial charge in [-0.25, -0.2) is 4.98 Å². The van der Waals surface area contributed by atoms with Gasteiger partial charge in [0.15, 0.2) is 0 Å². The summed E-state index contributed by atoms with van der Waals surface area (Å²) in [4.78, 5) is 26.7. The van der Waals surface area contributed by atoms with E-state index in [0.717, 1.165) is 23.4 Å². The first-order valence-corrected chi connectivity index (χ1v) is 7.69. The first kappa shape index (κ1) is 13.9. The third kappa shape index (κ3) is 2.57. The Balaban J connectivity index is 1.69. The lowest BCUT2D eigenvalue weighted by Crippen LogP contribution is -2.49. The fourth-order valence-electron chi connectivity index (χ4n) is 2.98. The van der Waals surface area contributed by atoms with Gasteiger partial charge in [-0.1, -0.05) is 12.1 Å². The predicted octanol–water partition coefficient (Wildman–Crippen LogP) is 1.74. The summed E-state index contributed by atoms with van der Waals surface area (Å²) in [6.45, 7) is 2.12. The third-order valence-corrected chi connectivity index (χ3v) is 4.14. The molecule has 3 aromatic rings. The molecule has 2 aromatic heterocycles. The minimum Gasteiger partial charge on any atom is -0.340 e. The Bertz CT molecular complexity index is 796. The highest BCUT2D eigenvalue weighted by molar-refractivity contribution is 5.94. The second kappa shape index (κ2) is 5.81. The van der Waals surface area contributed by atoms with Crippen molar-refractivity contribution in [3.8, 4) is 0 Å². The van der Waals surface area contributed by atoms with Crippen LogP contribution in [0.5, 0.6) is 0 Å². The predicted molar refractivity (Wildman–Crippen MR) is 87.0 cm³/mol. The molecule has 6 nitrogen and oxygen atoms in total. The molecule has 0 saturated carbocycles. The minimum absolute atomic E-state index is 0.00921. The van der Waals surface area contributed by atoms with Gasteiger partial charge in [0, 0.05) is 32.0 Å². The molecule has 6 heteroatoms. The summed E-state index contributed by atoms with van der Waals surface area (Å²) >= 11 is 0. The number of nitrogens with one attached hydrogen (secondary N) is 2. The smallest absolute Gasteiger partial charge is 0.256 e. The van der Waals surface area contributed by atoms with Crippen LogP contribution in [0.2, 0.25) is 0 Å². The second-order valence-corrected chi connectivity index (χ2v) is 5.60. The van der Waals surface area contributed by atoms with E-state index in [1.165, 1.54) is 0 Å². The highest BCUT2D eigenvalue weighted by Crippen LogP contribution is 2.24. The molecule has 23 heavy (non-hydrogen) atoms. The van der Waals surface area contributed by atoms with Crippen LogP contribution in [0.15, 0.2) is 48.8 Å². The van der Waals surface area contributed by atoms with E-state index in [9.17, 15) is 4.79 Å². The summed E-state index contributed by atoms with van der Waals surface area (Å²) in [7, 11) is 0. The molecular formula is C17H17N5O. The Kier molecular flexibility index (Phi) is 3.51. The van der Waals surface area contributed by atoms with Crippen LogP contribution in [0.4, 0.5) is 0 Å². The van der Waals surface area contributed by atoms with Gasteiger partial charge in [-0.2, -0.15) is 0 Å². The third-order valence-electron chi connectivity index (χ3n) is 4.14. The van der Waals surface area contributed by atoms with E-state index in [1.807, 2.05) is 29.2 Å². The molecule has 1 aliphatic heterocycles. The number of pyridine rings is 1. The summed E-state index contributed by atoms with van der Waals surface area (Å²) in [5, 5.41) is 3.34. The molecule has 1 aromatic carbocycles. The Morgan fingerprint density at radius 1 is 1.22 bits per heavy atom. The molecule has 1 fully saturated rings. The Morgan fingerprint density at radius 2 is 2.13 bits per heavy atom. The number of imidazole rings is 1. The van der Waals surface area contributed by atoms with E-state index in [4.69, 9.17) is 0 Å². The lowest BCUT2D eigenvalue weighted by Gasteiger charge is -2.35. The topological polar surface area (TPSA) is 73.9 Å². The molecule has 0 bridgehead atoms. The quantitative estimate of drug-likeness (QED) is 0.756. The summed E-state index contributed by atoms with van der Waals surface area (Å²) in [6, 6.07) is 11.4. The fraction of sp³-hybridized carbons (Fsp3) is 0.235. The van der Waals surface area contributed by atoms with Crippen LogP contribution in [-0.4, -0.2) is 45.4 Å². The van der Waals surface area contributed by atoms with Gasteiger partial charge in [0.1, 0.15) is 11.9 Å². The van der Waals surface area contributed by atoms with Crippen LogP contribution < -0.4 is 5.32 Å². The highest BCUT2D eigenvalue weighted by atomic mass is 16.2. The molecule has 1 unspecified atom stereocenters. The number of carbonyl (C=O) groups excluding carboxylic acids is 1. The number of amides is 1. The zero-order chi connectivity index (χ0) is 15.6. The van der Waals surface area contributed by atoms with Crippen molar-refractivity contribution in [2.75, 3.05) is 19.6 Å². The molecule has 1 amide bonds. The molecule has 4 rings (SSSR count). The van der Waals surface area contributed by atoms with Crippen LogP contribution in [0.25, 0.3) is 11.0 Å². The number of benzene rings is 1. The number of hydrogen-bond donors (Lipinski definition) is 2. The van der Waals surface area contributed by atoms with E-state index < -0.39 is 0 Å². The largest absolute Gasteiger partial charge is 0.340 e. The SMILES string of the molecule is O=C(c1cccnc1)N1CCNCC1c1nc2ccccc2[nH]1. The number of hydrogen-bond acceptors (Lipinski definition) is 4. The number of H-pyrrole nitrogens is 1. The standard InChI is InChI=1S/C17H17N5O/c23-17(12-4-3-7-18-10-12)22-9-8-19-11-15(22)16-20-13-5-1-2-6-14(13)21-16/h1-7,10,15,19H,8-9,11H2,(H,20,21). The molecule has 2 N–H and O–H groups in total. The second-order valence-electron chi connectivity index (χ2n) is 5.60. The minimum atomic E-state index is -0.108. The van der Waals surface area contributed by atoms with Crippen molar-refractivity contribution in [2.45, 2.75) is 6.04 Å². The van der Waals surface area contributed by atoms with Crippen molar-refractivity contribution in [3.63, 3.8) is 0 Å². The lowest BCUT2D eigenvalue weighted by atomic mass is 10.1. The maximum absolute atomic E-state index is 12.8. The van der Waals surface area contributed by atoms with Gasteiger partial charge in [-0.3, -0.25) is 9.78 Å². The van der Waals surface area contributed by atoms with Crippen LogP contribution in [-0.2, 0) is 0 Å². The van der Waals surface area contributed by atoms with Crippen molar-refractivity contribution in [1.82, 2.24) is 25.2 Å². The van der Waals surface area contributed by atoms with Gasteiger partial charge >= 0.3 is 0 Å². The number of nitrogens with zero attached hydrogens (tertiary/aromatic N) is 3. The summed E-state index contributed by atoms with van der Waals surface area (Å²) in [6.07, 6.45) is 3.28. The molecule has 0 aliphatic carbocycles. The van der Waals surface area contributed by atoms with E-state index in [0.29, 0.717) is 18.7 Å². The molecule has 1 atom stereocenters. The molecular weight excluding hydrogens is 290 g/mol. The summed E-state index contributed by atoms with van der Waals surface area (Å²) in [5.74, 6) is 0.806. The van der Waals surface area contributed by atoms with Crippen LogP contribution >= 0.6 is 0 Å². The highest BCUT2D eigenvalue weighted by Gasteiger charge is 2.30. The number of carbonyl (C=O) groups is 1. The average molecular weight is 307 g/mol. The number of aromatic amines is 1. The van der Waals surface area contributed by atoms with Crippen molar-refractivity contribution >= 4 is 16.9 Å². The first-order chi connectivity index (χ1) is 11.3. The lowest BCUT2D eigenvalue weighted by molar-refractivity contribution is 0.0625. The van der Waals surface area contributed by atoms with Crippen molar-refractivity contribution < 1.29 is 4.79 Å². The fourth-order valence-corrected chi connectivity index (χ4v) is 2.98. The number of piperazine rings is 1. The van der Waals surface area contributed by atoms with Crippen molar-refractivity contribution in [1.29, 1.82) is 0 Å². The van der Waals surface area contributed by atoms with Crippen LogP contribution in [0.1, 0.15) is 22.2 Å². The molecule has 116 valence electrons. The van der Waals surface area contributed by atoms with Gasteiger partial charge in [0.25, 0.3) is 5.91 Å². The van der Waals surface area contributed by atoms with Crippen LogP contribution in [0, 0.1) is 0 Å². The van der Waals surface area contributed by atoms with Gasteiger partial charge < -0.3 is 15.2 Å². The molecule has 0 spiro atoms. The van der Waals surface area contributed by atoms with Crippen molar-refractivity contribution in [2.24, 2.45) is 0 Å². The molecule has 3 heterocycles. The molecule has 1 saturated heterocycles. The Labute approximate surface area is 133 Å². The monoisotopic (exact) mass is 307 g/mol.